The van der Waals surface area contributed by atoms with Gasteiger partial charge in [0.1, 0.15) is 4.88 Å². The van der Waals surface area contributed by atoms with E-state index in [1.807, 2.05) is 16.3 Å². The predicted molar refractivity (Wildman–Crippen MR) is 87.7 cm³/mol. The van der Waals surface area contributed by atoms with E-state index in [1.165, 1.54) is 23.3 Å². The molecule has 3 heterocycles. The molecule has 22 heavy (non-hydrogen) atoms. The van der Waals surface area contributed by atoms with Crippen molar-refractivity contribution >= 4 is 40.4 Å². The van der Waals surface area contributed by atoms with Gasteiger partial charge < -0.3 is 15.0 Å². The number of anilines is 1. The number of carbonyl (C=O) groups excluding carboxylic acids is 2. The maximum absolute atomic E-state index is 12.6. The van der Waals surface area contributed by atoms with Crippen molar-refractivity contribution in [2.24, 2.45) is 0 Å². The van der Waals surface area contributed by atoms with Crippen LogP contribution >= 0.6 is 22.7 Å². The number of esters is 1. The van der Waals surface area contributed by atoms with Crippen molar-refractivity contribution in [2.45, 2.75) is 18.9 Å². The van der Waals surface area contributed by atoms with Gasteiger partial charge in [-0.3, -0.25) is 0 Å². The van der Waals surface area contributed by atoms with E-state index in [9.17, 15) is 9.59 Å². The van der Waals surface area contributed by atoms with Crippen LogP contribution in [0, 0.1) is 0 Å². The lowest BCUT2D eigenvalue weighted by molar-refractivity contribution is 0.0607. The second-order valence-corrected chi connectivity index (χ2v) is 6.85. The predicted octanol–water partition coefficient (Wildman–Crippen LogP) is 3.97. The van der Waals surface area contributed by atoms with Gasteiger partial charge in [0, 0.05) is 11.4 Å². The molecule has 0 unspecified atom stereocenters. The fourth-order valence-corrected chi connectivity index (χ4v) is 4.27. The van der Waals surface area contributed by atoms with Gasteiger partial charge in [0.25, 0.3) is 0 Å². The third-order valence-electron chi connectivity index (χ3n) is 3.66. The van der Waals surface area contributed by atoms with Crippen LogP contribution in [-0.2, 0) is 4.74 Å². The number of urea groups is 1. The molecule has 0 aliphatic carbocycles. The fraction of sp³-hybridized carbons (Fsp3) is 0.333. The summed E-state index contributed by atoms with van der Waals surface area (Å²) < 4.78 is 4.73. The second kappa shape index (κ2) is 6.50. The monoisotopic (exact) mass is 336 g/mol. The molecule has 5 nitrogen and oxygen atoms in total. The Labute approximate surface area is 136 Å². The van der Waals surface area contributed by atoms with E-state index in [2.05, 4.69) is 11.4 Å². The molecule has 2 aromatic heterocycles. The van der Waals surface area contributed by atoms with Crippen molar-refractivity contribution in [1.82, 2.24) is 4.90 Å². The molecule has 0 saturated carbocycles. The zero-order valence-corrected chi connectivity index (χ0v) is 13.7. The van der Waals surface area contributed by atoms with Crippen LogP contribution in [0.15, 0.2) is 29.0 Å². The number of rotatable bonds is 3. The fourth-order valence-electron chi connectivity index (χ4n) is 2.63. The van der Waals surface area contributed by atoms with E-state index < -0.39 is 5.97 Å². The van der Waals surface area contributed by atoms with Crippen LogP contribution in [0.1, 0.15) is 33.4 Å². The van der Waals surface area contributed by atoms with Gasteiger partial charge in [0.05, 0.1) is 18.8 Å². The van der Waals surface area contributed by atoms with Gasteiger partial charge in [-0.15, -0.1) is 22.7 Å². The Balaban J connectivity index is 1.74. The standard InChI is InChI=1S/C15H16N2O3S2/c1-20-14(18)13-10(6-9-22-13)16-15(19)17-7-2-4-11(17)12-5-3-8-21-12/h3,5-6,8-9,11H,2,4,7H2,1H3,(H,16,19)/t11-/m1/s1. The first-order valence-corrected chi connectivity index (χ1v) is 8.73. The first-order valence-electron chi connectivity index (χ1n) is 6.97. The van der Waals surface area contributed by atoms with Crippen LogP contribution < -0.4 is 5.32 Å². The topological polar surface area (TPSA) is 58.6 Å². The molecule has 2 amide bonds. The highest BCUT2D eigenvalue weighted by Gasteiger charge is 2.31. The Kier molecular flexibility index (Phi) is 4.44. The molecule has 0 spiro atoms. The molecular weight excluding hydrogens is 320 g/mol. The van der Waals surface area contributed by atoms with Crippen molar-refractivity contribution < 1.29 is 14.3 Å². The number of nitrogens with zero attached hydrogens (tertiary/aromatic N) is 1. The Bertz CT molecular complexity index is 666. The summed E-state index contributed by atoms with van der Waals surface area (Å²) in [5, 5.41) is 6.63. The number of methoxy groups -OCH3 is 1. The normalized spacial score (nSPS) is 17.5. The zero-order chi connectivity index (χ0) is 15.5. The first-order chi connectivity index (χ1) is 10.7. The van der Waals surface area contributed by atoms with Gasteiger partial charge in [-0.2, -0.15) is 0 Å². The minimum Gasteiger partial charge on any atom is -0.465 e. The molecule has 1 aliphatic heterocycles. The summed E-state index contributed by atoms with van der Waals surface area (Å²) in [6.07, 6.45) is 1.96. The van der Waals surface area contributed by atoms with Gasteiger partial charge in [-0.25, -0.2) is 9.59 Å². The summed E-state index contributed by atoms with van der Waals surface area (Å²) in [5.41, 5.74) is 0.513. The van der Waals surface area contributed by atoms with Gasteiger partial charge >= 0.3 is 12.0 Å². The van der Waals surface area contributed by atoms with Crippen molar-refractivity contribution in [3.8, 4) is 0 Å². The van der Waals surface area contributed by atoms with E-state index >= 15 is 0 Å². The molecule has 2 aromatic rings. The lowest BCUT2D eigenvalue weighted by Gasteiger charge is -2.24. The summed E-state index contributed by atoms with van der Waals surface area (Å²) >= 11 is 2.93. The van der Waals surface area contributed by atoms with Gasteiger partial charge in [-0.05, 0) is 35.7 Å². The van der Waals surface area contributed by atoms with E-state index in [4.69, 9.17) is 4.74 Å². The number of amides is 2. The van der Waals surface area contributed by atoms with Crippen LogP contribution in [0.4, 0.5) is 10.5 Å². The van der Waals surface area contributed by atoms with E-state index in [0.717, 1.165) is 19.4 Å². The molecule has 0 aromatic carbocycles. The molecular formula is C15H16N2O3S2. The Morgan fingerprint density at radius 1 is 1.32 bits per heavy atom. The maximum atomic E-state index is 12.6. The Hall–Kier alpha value is -1.86. The van der Waals surface area contributed by atoms with Crippen molar-refractivity contribution in [3.05, 3.63) is 38.7 Å². The van der Waals surface area contributed by atoms with E-state index in [1.54, 1.807) is 22.8 Å². The van der Waals surface area contributed by atoms with Crippen LogP contribution in [-0.4, -0.2) is 30.6 Å². The summed E-state index contributed by atoms with van der Waals surface area (Å²) in [7, 11) is 1.33. The number of thiophene rings is 2. The molecule has 1 fully saturated rings. The minimum absolute atomic E-state index is 0.125. The zero-order valence-electron chi connectivity index (χ0n) is 12.1. The van der Waals surface area contributed by atoms with E-state index in [-0.39, 0.29) is 12.1 Å². The average molecular weight is 336 g/mol. The van der Waals surface area contributed by atoms with Gasteiger partial charge in [0.15, 0.2) is 0 Å². The van der Waals surface area contributed by atoms with Crippen molar-refractivity contribution in [1.29, 1.82) is 0 Å². The van der Waals surface area contributed by atoms with Gasteiger partial charge in [0.2, 0.25) is 0 Å². The molecule has 1 atom stereocenters. The van der Waals surface area contributed by atoms with Crippen molar-refractivity contribution in [2.75, 3.05) is 19.0 Å². The molecule has 0 bridgehead atoms. The minimum atomic E-state index is -0.429. The number of ether oxygens (including phenoxy) is 1. The summed E-state index contributed by atoms with van der Waals surface area (Å²) in [5.74, 6) is -0.429. The summed E-state index contributed by atoms with van der Waals surface area (Å²) in [6, 6.07) is 5.75. The van der Waals surface area contributed by atoms with Crippen LogP contribution in [0.25, 0.3) is 0 Å². The van der Waals surface area contributed by atoms with Crippen LogP contribution in [0.5, 0.6) is 0 Å². The summed E-state index contributed by atoms with van der Waals surface area (Å²) in [6.45, 7) is 0.728. The number of likely N-dealkylation sites (tertiary alicyclic amines) is 1. The largest absolute Gasteiger partial charge is 0.465 e. The lowest BCUT2D eigenvalue weighted by Crippen LogP contribution is -2.34. The highest BCUT2D eigenvalue weighted by molar-refractivity contribution is 7.12. The third-order valence-corrected chi connectivity index (χ3v) is 5.53. The highest BCUT2D eigenvalue weighted by atomic mass is 32.1. The lowest BCUT2D eigenvalue weighted by atomic mass is 10.2. The molecule has 1 aliphatic rings. The smallest absolute Gasteiger partial charge is 0.350 e. The number of hydrogen-bond donors (Lipinski definition) is 1. The third kappa shape index (κ3) is 2.86. The molecule has 0 radical (unpaired) electrons. The Morgan fingerprint density at radius 2 is 2.18 bits per heavy atom. The molecule has 1 N–H and O–H groups in total. The van der Waals surface area contributed by atoms with E-state index in [0.29, 0.717) is 10.6 Å². The average Bonchev–Trinajstić information content (AvgIpc) is 3.25. The highest BCUT2D eigenvalue weighted by Crippen LogP contribution is 2.35. The summed E-state index contributed by atoms with van der Waals surface area (Å²) in [4.78, 5) is 27.7. The second-order valence-electron chi connectivity index (χ2n) is 4.95. The Morgan fingerprint density at radius 3 is 2.91 bits per heavy atom. The SMILES string of the molecule is COC(=O)c1sccc1NC(=O)N1CCC[C@@H]1c1cccs1. The molecule has 7 heteroatoms. The number of nitrogens with one attached hydrogen (secondary N) is 1. The number of carbonyl (C=O) groups is 2. The van der Waals surface area contributed by atoms with Crippen LogP contribution in [0.3, 0.4) is 0 Å². The molecule has 116 valence electrons. The van der Waals surface area contributed by atoms with Crippen molar-refractivity contribution in [3.63, 3.8) is 0 Å². The molecule has 1 saturated heterocycles. The molecule has 3 rings (SSSR count). The number of hydrogen-bond acceptors (Lipinski definition) is 5. The quantitative estimate of drug-likeness (QED) is 0.863. The first kappa shape index (κ1) is 15.1. The van der Waals surface area contributed by atoms with Gasteiger partial charge in [-0.1, -0.05) is 6.07 Å². The van der Waals surface area contributed by atoms with Crippen LogP contribution in [0.2, 0.25) is 0 Å². The maximum Gasteiger partial charge on any atom is 0.350 e.